The fourth-order valence-corrected chi connectivity index (χ4v) is 1.08. The largest absolute Gasteiger partial charge is 0.383 e. The van der Waals surface area contributed by atoms with Crippen LogP contribution in [0.15, 0.2) is 12.3 Å². The molecular weight excluding hydrogens is 166 g/mol. The predicted molar refractivity (Wildman–Crippen MR) is 52.3 cm³/mol. The molecule has 1 aromatic rings. The lowest BCUT2D eigenvalue weighted by Gasteiger charge is -2.05. The molecule has 0 aliphatic heterocycles. The predicted octanol–water partition coefficient (Wildman–Crippen LogP) is 1.18. The summed E-state index contributed by atoms with van der Waals surface area (Å²) in [6, 6.07) is 1.84. The third-order valence-electron chi connectivity index (χ3n) is 1.70. The molecule has 1 rings (SSSR count). The van der Waals surface area contributed by atoms with Gasteiger partial charge in [-0.15, -0.1) is 0 Å². The van der Waals surface area contributed by atoms with Crippen LogP contribution in [-0.2, 0) is 11.2 Å². The van der Waals surface area contributed by atoms with E-state index in [2.05, 4.69) is 10.3 Å². The zero-order chi connectivity index (χ0) is 9.84. The summed E-state index contributed by atoms with van der Waals surface area (Å²) in [7, 11) is 0. The van der Waals surface area contributed by atoms with Crippen LogP contribution in [0.5, 0.6) is 0 Å². The van der Waals surface area contributed by atoms with E-state index >= 15 is 0 Å². The zero-order valence-electron chi connectivity index (χ0n) is 7.79. The van der Waals surface area contributed by atoms with Gasteiger partial charge in [0.1, 0.15) is 5.82 Å². The fraction of sp³-hybridized carbons (Fsp3) is 0.333. The molecule has 0 aliphatic rings. The van der Waals surface area contributed by atoms with Crippen molar-refractivity contribution in [1.82, 2.24) is 4.98 Å². The van der Waals surface area contributed by atoms with Crippen molar-refractivity contribution < 1.29 is 4.79 Å². The molecule has 0 fully saturated rings. The van der Waals surface area contributed by atoms with Crippen LogP contribution < -0.4 is 11.1 Å². The van der Waals surface area contributed by atoms with Gasteiger partial charge in [0.05, 0.1) is 11.9 Å². The summed E-state index contributed by atoms with van der Waals surface area (Å²) in [5.74, 6) is 0.422. The van der Waals surface area contributed by atoms with Crippen molar-refractivity contribution in [3.8, 4) is 0 Å². The van der Waals surface area contributed by atoms with Gasteiger partial charge in [0.2, 0.25) is 5.91 Å². The monoisotopic (exact) mass is 179 g/mol. The number of amides is 1. The first kappa shape index (κ1) is 9.51. The van der Waals surface area contributed by atoms with Crippen molar-refractivity contribution in [3.05, 3.63) is 17.8 Å². The van der Waals surface area contributed by atoms with E-state index in [9.17, 15) is 4.79 Å². The minimum Gasteiger partial charge on any atom is -0.383 e. The van der Waals surface area contributed by atoms with Crippen LogP contribution in [0.1, 0.15) is 19.4 Å². The lowest BCUT2D eigenvalue weighted by Crippen LogP contribution is -2.07. The molecule has 0 saturated heterocycles. The van der Waals surface area contributed by atoms with Crippen LogP contribution in [0.25, 0.3) is 0 Å². The van der Waals surface area contributed by atoms with Gasteiger partial charge >= 0.3 is 0 Å². The number of aromatic nitrogens is 1. The second-order valence-electron chi connectivity index (χ2n) is 2.80. The maximum absolute atomic E-state index is 10.7. The minimum absolute atomic E-state index is 0.103. The van der Waals surface area contributed by atoms with Crippen LogP contribution in [0.2, 0.25) is 0 Å². The Morgan fingerprint density at radius 1 is 1.69 bits per heavy atom. The number of hydrogen-bond acceptors (Lipinski definition) is 3. The van der Waals surface area contributed by atoms with Gasteiger partial charge in [-0.3, -0.25) is 4.79 Å². The molecule has 0 aliphatic carbocycles. The van der Waals surface area contributed by atoms with Crippen molar-refractivity contribution in [2.45, 2.75) is 20.3 Å². The number of aryl methyl sites for hydroxylation is 1. The van der Waals surface area contributed by atoms with Crippen molar-refractivity contribution in [2.75, 3.05) is 11.1 Å². The van der Waals surface area contributed by atoms with Crippen LogP contribution in [0.3, 0.4) is 0 Å². The summed E-state index contributed by atoms with van der Waals surface area (Å²) in [5.41, 5.74) is 7.25. The summed E-state index contributed by atoms with van der Waals surface area (Å²) >= 11 is 0. The number of hydrogen-bond donors (Lipinski definition) is 2. The van der Waals surface area contributed by atoms with Crippen LogP contribution in [0.4, 0.5) is 11.5 Å². The van der Waals surface area contributed by atoms with E-state index in [1.165, 1.54) is 6.92 Å². The van der Waals surface area contributed by atoms with Gasteiger partial charge in [0.15, 0.2) is 0 Å². The molecule has 1 amide bonds. The van der Waals surface area contributed by atoms with Crippen LogP contribution in [0, 0.1) is 0 Å². The average Bonchev–Trinajstić information content (AvgIpc) is 2.07. The zero-order valence-corrected chi connectivity index (χ0v) is 7.79. The number of carbonyl (C=O) groups excluding carboxylic acids is 1. The maximum Gasteiger partial charge on any atom is 0.221 e. The number of pyridine rings is 1. The summed E-state index contributed by atoms with van der Waals surface area (Å²) in [6.45, 7) is 3.45. The molecule has 0 radical (unpaired) electrons. The minimum atomic E-state index is -0.103. The standard InChI is InChI=1S/C9H13N3O/c1-3-7-4-8(12-6(2)13)5-11-9(7)10/h4-5H,3H2,1-2H3,(H2,10,11)(H,12,13). The van der Waals surface area contributed by atoms with Gasteiger partial charge in [-0.25, -0.2) is 4.98 Å². The van der Waals surface area contributed by atoms with Gasteiger partial charge in [-0.2, -0.15) is 0 Å². The lowest BCUT2D eigenvalue weighted by molar-refractivity contribution is -0.114. The molecule has 0 bridgehead atoms. The van der Waals surface area contributed by atoms with Crippen LogP contribution >= 0.6 is 0 Å². The van der Waals surface area contributed by atoms with E-state index in [0.717, 1.165) is 12.0 Å². The molecule has 4 heteroatoms. The Morgan fingerprint density at radius 2 is 2.38 bits per heavy atom. The number of nitrogen functional groups attached to an aromatic ring is 1. The van der Waals surface area contributed by atoms with Gasteiger partial charge < -0.3 is 11.1 Å². The Balaban J connectivity index is 2.92. The normalized spacial score (nSPS) is 9.69. The van der Waals surface area contributed by atoms with Crippen LogP contribution in [-0.4, -0.2) is 10.9 Å². The second-order valence-corrected chi connectivity index (χ2v) is 2.80. The quantitative estimate of drug-likeness (QED) is 0.716. The molecule has 1 aromatic heterocycles. The smallest absolute Gasteiger partial charge is 0.221 e. The summed E-state index contributed by atoms with van der Waals surface area (Å²) in [5, 5.41) is 2.65. The van der Waals surface area contributed by atoms with Gasteiger partial charge in [-0.05, 0) is 18.1 Å². The molecule has 13 heavy (non-hydrogen) atoms. The Bertz CT molecular complexity index is 323. The summed E-state index contributed by atoms with van der Waals surface area (Å²) in [6.07, 6.45) is 2.36. The first-order valence-corrected chi connectivity index (χ1v) is 4.15. The van der Waals surface area contributed by atoms with Crippen molar-refractivity contribution >= 4 is 17.4 Å². The van der Waals surface area contributed by atoms with Gasteiger partial charge in [0.25, 0.3) is 0 Å². The highest BCUT2D eigenvalue weighted by atomic mass is 16.1. The van der Waals surface area contributed by atoms with E-state index in [1.54, 1.807) is 6.20 Å². The SMILES string of the molecule is CCc1cc(NC(C)=O)cnc1N. The molecule has 1 heterocycles. The average molecular weight is 179 g/mol. The topological polar surface area (TPSA) is 68.0 Å². The van der Waals surface area contributed by atoms with E-state index < -0.39 is 0 Å². The van der Waals surface area contributed by atoms with E-state index in [0.29, 0.717) is 11.5 Å². The first-order chi connectivity index (χ1) is 6.13. The number of nitrogens with two attached hydrogens (primary N) is 1. The molecule has 70 valence electrons. The molecule has 4 nitrogen and oxygen atoms in total. The Kier molecular flexibility index (Phi) is 2.84. The van der Waals surface area contributed by atoms with Crippen molar-refractivity contribution in [2.24, 2.45) is 0 Å². The Morgan fingerprint density at radius 3 is 2.92 bits per heavy atom. The van der Waals surface area contributed by atoms with Crippen molar-refractivity contribution in [1.29, 1.82) is 0 Å². The molecule has 0 unspecified atom stereocenters. The number of anilines is 2. The highest BCUT2D eigenvalue weighted by Gasteiger charge is 2.01. The van der Waals surface area contributed by atoms with E-state index in [1.807, 2.05) is 13.0 Å². The third-order valence-corrected chi connectivity index (χ3v) is 1.70. The number of rotatable bonds is 2. The molecule has 3 N–H and O–H groups in total. The molecule has 0 atom stereocenters. The second kappa shape index (κ2) is 3.89. The Labute approximate surface area is 77.2 Å². The lowest BCUT2D eigenvalue weighted by atomic mass is 10.2. The molecular formula is C9H13N3O. The summed E-state index contributed by atoms with van der Waals surface area (Å²) < 4.78 is 0. The fourth-order valence-electron chi connectivity index (χ4n) is 1.08. The van der Waals surface area contributed by atoms with Gasteiger partial charge in [0, 0.05) is 6.92 Å². The third kappa shape index (κ3) is 2.43. The molecule has 0 saturated carbocycles. The van der Waals surface area contributed by atoms with E-state index in [-0.39, 0.29) is 5.91 Å². The van der Waals surface area contributed by atoms with Crippen molar-refractivity contribution in [3.63, 3.8) is 0 Å². The number of nitrogens with zero attached hydrogens (tertiary/aromatic N) is 1. The molecule has 0 spiro atoms. The van der Waals surface area contributed by atoms with Gasteiger partial charge in [-0.1, -0.05) is 6.92 Å². The van der Waals surface area contributed by atoms with E-state index in [4.69, 9.17) is 5.73 Å². The first-order valence-electron chi connectivity index (χ1n) is 4.15. The Hall–Kier alpha value is -1.58. The maximum atomic E-state index is 10.7. The highest BCUT2D eigenvalue weighted by Crippen LogP contribution is 2.14. The number of carbonyl (C=O) groups is 1. The summed E-state index contributed by atoms with van der Waals surface area (Å²) in [4.78, 5) is 14.7. The number of nitrogens with one attached hydrogen (secondary N) is 1. The highest BCUT2D eigenvalue weighted by molar-refractivity contribution is 5.88. The molecule has 0 aromatic carbocycles.